The van der Waals surface area contributed by atoms with Gasteiger partial charge >= 0.3 is 0 Å². The van der Waals surface area contributed by atoms with Gasteiger partial charge in [-0.3, -0.25) is 9.48 Å². The molecule has 0 saturated carbocycles. The van der Waals surface area contributed by atoms with Crippen molar-refractivity contribution in [3.05, 3.63) is 60.2 Å². The minimum Gasteiger partial charge on any atom is -0.463 e. The molecule has 0 radical (unpaired) electrons. The van der Waals surface area contributed by atoms with Crippen molar-refractivity contribution in [3.8, 4) is 11.5 Å². The Kier molecular flexibility index (Phi) is 4.09. The Balaban J connectivity index is 1.55. The van der Waals surface area contributed by atoms with Crippen LogP contribution in [-0.4, -0.2) is 38.2 Å². The van der Waals surface area contributed by atoms with E-state index in [2.05, 4.69) is 10.1 Å². The summed E-state index contributed by atoms with van der Waals surface area (Å²) in [5, 5.41) is 4.26. The fourth-order valence-electron chi connectivity index (χ4n) is 3.42. The Morgan fingerprint density at radius 3 is 2.96 bits per heavy atom. The number of amides is 1. The average molecular weight is 336 g/mol. The summed E-state index contributed by atoms with van der Waals surface area (Å²) in [6.07, 6.45) is 7.35. The van der Waals surface area contributed by atoms with E-state index >= 15 is 0 Å². The largest absolute Gasteiger partial charge is 0.463 e. The highest BCUT2D eigenvalue weighted by atomic mass is 16.3. The molecule has 0 bridgehead atoms. The summed E-state index contributed by atoms with van der Waals surface area (Å²) in [6, 6.07) is 9.47. The molecule has 1 amide bonds. The fraction of sp³-hybridized carbons (Fsp3) is 0.316. The van der Waals surface area contributed by atoms with E-state index in [0.717, 1.165) is 37.3 Å². The summed E-state index contributed by atoms with van der Waals surface area (Å²) in [6.45, 7) is 3.39. The predicted octanol–water partition coefficient (Wildman–Crippen LogP) is 3.15. The Morgan fingerprint density at radius 1 is 1.32 bits per heavy atom. The van der Waals surface area contributed by atoms with Crippen molar-refractivity contribution in [2.24, 2.45) is 0 Å². The van der Waals surface area contributed by atoms with Crippen molar-refractivity contribution in [1.82, 2.24) is 19.7 Å². The smallest absolute Gasteiger partial charge is 0.256 e. The van der Waals surface area contributed by atoms with Gasteiger partial charge in [-0.1, -0.05) is 0 Å². The second kappa shape index (κ2) is 6.55. The van der Waals surface area contributed by atoms with Gasteiger partial charge in [-0.05, 0) is 50.1 Å². The lowest BCUT2D eigenvalue weighted by Gasteiger charge is -2.25. The van der Waals surface area contributed by atoms with Crippen LogP contribution in [0.1, 0.15) is 28.9 Å². The van der Waals surface area contributed by atoms with Gasteiger partial charge in [0, 0.05) is 18.9 Å². The van der Waals surface area contributed by atoms with E-state index in [1.807, 2.05) is 53.0 Å². The molecule has 4 heterocycles. The maximum atomic E-state index is 13.0. The lowest BCUT2D eigenvalue weighted by Crippen LogP contribution is -2.38. The fourth-order valence-corrected chi connectivity index (χ4v) is 3.42. The van der Waals surface area contributed by atoms with E-state index in [0.29, 0.717) is 11.3 Å². The number of hydrogen-bond donors (Lipinski definition) is 0. The van der Waals surface area contributed by atoms with E-state index in [-0.39, 0.29) is 11.9 Å². The van der Waals surface area contributed by atoms with Crippen LogP contribution in [0.5, 0.6) is 0 Å². The average Bonchev–Trinajstić information content (AvgIpc) is 3.37. The third-order valence-electron chi connectivity index (χ3n) is 4.68. The van der Waals surface area contributed by atoms with Crippen LogP contribution in [0.2, 0.25) is 0 Å². The molecule has 4 rings (SSSR count). The van der Waals surface area contributed by atoms with Crippen molar-refractivity contribution in [1.29, 1.82) is 0 Å². The van der Waals surface area contributed by atoms with Gasteiger partial charge < -0.3 is 9.32 Å². The summed E-state index contributed by atoms with van der Waals surface area (Å²) in [4.78, 5) is 19.5. The van der Waals surface area contributed by atoms with Crippen LogP contribution in [0, 0.1) is 6.92 Å². The molecule has 6 nitrogen and oxygen atoms in total. The van der Waals surface area contributed by atoms with Gasteiger partial charge in [-0.2, -0.15) is 5.10 Å². The van der Waals surface area contributed by atoms with Gasteiger partial charge in [-0.25, -0.2) is 4.98 Å². The van der Waals surface area contributed by atoms with Gasteiger partial charge in [0.15, 0.2) is 5.76 Å². The number of hydrogen-bond acceptors (Lipinski definition) is 4. The first-order chi connectivity index (χ1) is 12.2. The number of likely N-dealkylation sites (tertiary alicyclic amines) is 1. The lowest BCUT2D eigenvalue weighted by molar-refractivity contribution is 0.0720. The zero-order valence-corrected chi connectivity index (χ0v) is 14.1. The number of carbonyl (C=O) groups is 1. The van der Waals surface area contributed by atoms with Gasteiger partial charge in [0.1, 0.15) is 5.69 Å². The topological polar surface area (TPSA) is 64.2 Å². The SMILES string of the molecule is Cc1nc(-c2ccco2)ccc1C(=O)N1CCC[C@H]1Cn1cccn1. The molecule has 1 fully saturated rings. The molecule has 1 atom stereocenters. The van der Waals surface area contributed by atoms with Crippen molar-refractivity contribution in [3.63, 3.8) is 0 Å². The van der Waals surface area contributed by atoms with E-state index < -0.39 is 0 Å². The number of carbonyl (C=O) groups excluding carboxylic acids is 1. The van der Waals surface area contributed by atoms with Gasteiger partial charge in [-0.15, -0.1) is 0 Å². The first kappa shape index (κ1) is 15.6. The minimum atomic E-state index is 0.0469. The van der Waals surface area contributed by atoms with Gasteiger partial charge in [0.2, 0.25) is 0 Å². The zero-order valence-electron chi connectivity index (χ0n) is 14.1. The van der Waals surface area contributed by atoms with Gasteiger partial charge in [0.05, 0.1) is 30.1 Å². The lowest BCUT2D eigenvalue weighted by atomic mass is 10.1. The second-order valence-corrected chi connectivity index (χ2v) is 6.33. The first-order valence-electron chi connectivity index (χ1n) is 8.52. The van der Waals surface area contributed by atoms with Crippen molar-refractivity contribution in [2.45, 2.75) is 32.4 Å². The van der Waals surface area contributed by atoms with Crippen LogP contribution in [0.4, 0.5) is 0 Å². The summed E-state index contributed by atoms with van der Waals surface area (Å²) in [5.41, 5.74) is 2.12. The van der Waals surface area contributed by atoms with Crippen LogP contribution in [0.25, 0.3) is 11.5 Å². The molecule has 128 valence electrons. The quantitative estimate of drug-likeness (QED) is 0.734. The molecular weight excluding hydrogens is 316 g/mol. The Bertz CT molecular complexity index is 856. The molecule has 25 heavy (non-hydrogen) atoms. The van der Waals surface area contributed by atoms with Crippen molar-refractivity contribution >= 4 is 5.91 Å². The molecule has 1 saturated heterocycles. The number of pyridine rings is 1. The van der Waals surface area contributed by atoms with Crippen LogP contribution in [0.3, 0.4) is 0 Å². The second-order valence-electron chi connectivity index (χ2n) is 6.33. The molecule has 6 heteroatoms. The normalized spacial score (nSPS) is 17.2. The monoisotopic (exact) mass is 336 g/mol. The molecule has 3 aromatic heterocycles. The highest BCUT2D eigenvalue weighted by Gasteiger charge is 2.30. The van der Waals surface area contributed by atoms with E-state index in [1.165, 1.54) is 0 Å². The summed E-state index contributed by atoms with van der Waals surface area (Å²) in [5.74, 6) is 0.755. The van der Waals surface area contributed by atoms with Crippen LogP contribution in [0.15, 0.2) is 53.4 Å². The Morgan fingerprint density at radius 2 is 2.24 bits per heavy atom. The number of furan rings is 1. The number of aryl methyl sites for hydroxylation is 1. The number of aromatic nitrogens is 3. The highest BCUT2D eigenvalue weighted by Crippen LogP contribution is 2.24. The molecule has 0 aromatic carbocycles. The Hall–Kier alpha value is -2.89. The third kappa shape index (κ3) is 3.07. The molecule has 0 N–H and O–H groups in total. The van der Waals surface area contributed by atoms with Crippen LogP contribution >= 0.6 is 0 Å². The standard InChI is InChI=1S/C19H20N4O2/c1-14-16(7-8-17(21-14)18-6-3-12-25-18)19(24)23-11-2-5-15(23)13-22-10-4-9-20-22/h3-4,6-10,12,15H,2,5,11,13H2,1H3/t15-/m0/s1. The Labute approximate surface area is 146 Å². The van der Waals surface area contributed by atoms with E-state index in [9.17, 15) is 4.79 Å². The van der Waals surface area contributed by atoms with Crippen molar-refractivity contribution in [2.75, 3.05) is 6.54 Å². The van der Waals surface area contributed by atoms with Crippen LogP contribution in [-0.2, 0) is 6.54 Å². The predicted molar refractivity (Wildman–Crippen MR) is 93.0 cm³/mol. The van der Waals surface area contributed by atoms with Gasteiger partial charge in [0.25, 0.3) is 5.91 Å². The molecule has 1 aliphatic rings. The molecular formula is C19H20N4O2. The first-order valence-corrected chi connectivity index (χ1v) is 8.52. The van der Waals surface area contributed by atoms with E-state index in [4.69, 9.17) is 4.42 Å². The minimum absolute atomic E-state index is 0.0469. The number of rotatable bonds is 4. The zero-order chi connectivity index (χ0) is 17.2. The summed E-state index contributed by atoms with van der Waals surface area (Å²) >= 11 is 0. The maximum absolute atomic E-state index is 13.0. The summed E-state index contributed by atoms with van der Waals surface area (Å²) < 4.78 is 7.27. The molecule has 1 aliphatic heterocycles. The molecule has 0 unspecified atom stereocenters. The van der Waals surface area contributed by atoms with Crippen molar-refractivity contribution < 1.29 is 9.21 Å². The molecule has 0 spiro atoms. The maximum Gasteiger partial charge on any atom is 0.256 e. The molecule has 0 aliphatic carbocycles. The molecule has 3 aromatic rings. The van der Waals surface area contributed by atoms with E-state index in [1.54, 1.807) is 12.5 Å². The number of nitrogens with zero attached hydrogens (tertiary/aromatic N) is 4. The highest BCUT2D eigenvalue weighted by molar-refractivity contribution is 5.95. The summed E-state index contributed by atoms with van der Waals surface area (Å²) in [7, 11) is 0. The third-order valence-corrected chi connectivity index (χ3v) is 4.68. The van der Waals surface area contributed by atoms with Crippen LogP contribution < -0.4 is 0 Å².